The molecule has 0 saturated carbocycles. The molecule has 0 aliphatic carbocycles. The Bertz CT molecular complexity index is 15.5. The van der Waals surface area contributed by atoms with E-state index in [9.17, 15) is 3.57 Å². The van der Waals surface area contributed by atoms with Crippen molar-refractivity contribution in [3.05, 3.63) is 0 Å². The molecule has 0 radical (unpaired) electrons. The van der Waals surface area contributed by atoms with Crippen LogP contribution in [0.3, 0.4) is 0 Å². The Balaban J connectivity index is 0. The minimum atomic E-state index is -0.986. The molecule has 4 heavy (non-hydrogen) atoms. The monoisotopic (exact) mass is 229 g/mol. The number of hydrogen-bond donors (Lipinski definition) is 0. The Morgan fingerprint density at radius 1 is 1.75 bits per heavy atom. The molecule has 0 rings (SSSR count). The van der Waals surface area contributed by atoms with Gasteiger partial charge in [0.05, 0.1) is 0 Å². The van der Waals surface area contributed by atoms with Gasteiger partial charge < -0.3 is 0 Å². The Hall–Kier alpha value is 1.51. The van der Waals surface area contributed by atoms with Crippen molar-refractivity contribution in [1.82, 2.24) is 0 Å². The molecule has 0 amide bonds. The summed E-state index contributed by atoms with van der Waals surface area (Å²) in [7, 11) is 1.00. The molecular formula is H6InOSiZn. The summed E-state index contributed by atoms with van der Waals surface area (Å²) in [5.41, 5.74) is 0. The van der Waals surface area contributed by atoms with E-state index in [1.807, 2.05) is 0 Å². The first-order valence-electron chi connectivity index (χ1n) is 0.996. The molecule has 0 heterocycles. The molecule has 1 nitrogen and oxygen atoms in total. The van der Waals surface area contributed by atoms with Crippen molar-refractivity contribution in [1.29, 1.82) is 0 Å². The quantitative estimate of drug-likeness (QED) is 0.421. The molecule has 0 atom stereocenters. The fourth-order valence-corrected chi connectivity index (χ4v) is 0. The van der Waals surface area contributed by atoms with Gasteiger partial charge in [-0.1, -0.05) is 0 Å². The van der Waals surface area contributed by atoms with Crippen LogP contribution in [0.15, 0.2) is 0 Å². The summed E-state index contributed by atoms with van der Waals surface area (Å²) in [5.74, 6) is 0. The summed E-state index contributed by atoms with van der Waals surface area (Å²) in [4.78, 5) is 0. The van der Waals surface area contributed by atoms with Gasteiger partial charge in [0.2, 0.25) is 0 Å². The van der Waals surface area contributed by atoms with Crippen LogP contribution in [-0.4, -0.2) is 34.3 Å². The third kappa shape index (κ3) is 9.70. The van der Waals surface area contributed by atoms with E-state index >= 15 is 0 Å². The van der Waals surface area contributed by atoms with E-state index in [4.69, 9.17) is 0 Å². The normalized spacial score (nSPS) is 3.00. The van der Waals surface area contributed by atoms with Crippen LogP contribution in [0.1, 0.15) is 0 Å². The summed E-state index contributed by atoms with van der Waals surface area (Å²) in [5, 5.41) is 0. The molecule has 0 aromatic rings. The van der Waals surface area contributed by atoms with Crippen molar-refractivity contribution in [2.45, 2.75) is 0 Å². The van der Waals surface area contributed by atoms with Gasteiger partial charge in [-0.15, -0.1) is 0 Å². The molecule has 0 unspecified atom stereocenters. The Kier molecular flexibility index (Phi) is 20.1. The third-order valence-corrected chi connectivity index (χ3v) is 0. The van der Waals surface area contributed by atoms with Crippen LogP contribution in [0, 0.1) is 0 Å². The predicted octanol–water partition coefficient (Wildman–Crippen LogP) is -2.49. The second-order valence-electron chi connectivity index (χ2n) is 0.289. The summed E-state index contributed by atoms with van der Waals surface area (Å²) < 4.78 is 9.18. The van der Waals surface area contributed by atoms with E-state index in [1.165, 1.54) is 0 Å². The van der Waals surface area contributed by atoms with Gasteiger partial charge in [-0.05, 0) is 0 Å². The minimum absolute atomic E-state index is 0. The van der Waals surface area contributed by atoms with Crippen LogP contribution in [0.2, 0.25) is 0 Å². The molecular weight excluding hydrogens is 224 g/mol. The molecule has 4 heteroatoms. The van der Waals surface area contributed by atoms with Gasteiger partial charge in [-0.25, -0.2) is 0 Å². The van der Waals surface area contributed by atoms with Crippen LogP contribution in [0.25, 0.3) is 0 Å². The topological polar surface area (TPSA) is 17.1 Å². The van der Waals surface area contributed by atoms with Crippen molar-refractivity contribution in [2.75, 3.05) is 0 Å². The van der Waals surface area contributed by atoms with Gasteiger partial charge >= 0.3 is 54.3 Å². The first-order chi connectivity index (χ1) is 1.41. The summed E-state index contributed by atoms with van der Waals surface area (Å²) in [6, 6.07) is 0. The van der Waals surface area contributed by atoms with Crippen LogP contribution < -0.4 is 0 Å². The van der Waals surface area contributed by atoms with Crippen LogP contribution in [0.5, 0.6) is 0 Å². The van der Waals surface area contributed by atoms with Gasteiger partial charge in [-0.2, -0.15) is 0 Å². The average Bonchev–Trinajstić information content (AvgIpc) is 0.918. The molecule has 0 saturated heterocycles. The van der Waals surface area contributed by atoms with Crippen LogP contribution in [-0.2, 0) is 20.0 Å². The van der Waals surface area contributed by atoms with Crippen molar-refractivity contribution >= 4 is 34.3 Å². The Morgan fingerprint density at radius 2 is 1.75 bits per heavy atom. The summed E-state index contributed by atoms with van der Waals surface area (Å²) >= 11 is -0.986. The Morgan fingerprint density at radius 3 is 1.75 bits per heavy atom. The number of rotatable bonds is 0. The summed E-state index contributed by atoms with van der Waals surface area (Å²) in [6.45, 7) is 0. The average molecular weight is 230 g/mol. The second-order valence-corrected chi connectivity index (χ2v) is 4.50. The van der Waals surface area contributed by atoms with E-state index in [-0.39, 0.29) is 25.8 Å². The van der Waals surface area contributed by atoms with Gasteiger partial charge in [0.25, 0.3) is 0 Å². The molecule has 0 spiro atoms. The predicted molar refractivity (Wildman–Crippen MR) is 20.6 cm³/mol. The van der Waals surface area contributed by atoms with Gasteiger partial charge in [0.15, 0.2) is 0 Å². The van der Waals surface area contributed by atoms with Gasteiger partial charge in [-0.3, -0.25) is 0 Å². The SMILES string of the molecule is [InH3].[O]=[Zn][SiH3]. The molecule has 0 fully saturated rings. The summed E-state index contributed by atoms with van der Waals surface area (Å²) in [6.07, 6.45) is 0. The first-order valence-corrected chi connectivity index (χ1v) is 12.5. The molecule has 0 aliphatic rings. The van der Waals surface area contributed by atoms with Gasteiger partial charge in [0.1, 0.15) is 0 Å². The third-order valence-electron chi connectivity index (χ3n) is 0. The maximum absolute atomic E-state index is 9.18. The molecule has 0 N–H and O–H groups in total. The standard InChI is InChI=1S/In.O.H3Si.Zn.3H/h;;1H3;;;;. The fraction of sp³-hybridized carbons (Fsp3) is 0. The van der Waals surface area contributed by atoms with Crippen molar-refractivity contribution in [3.8, 4) is 0 Å². The van der Waals surface area contributed by atoms with E-state index < -0.39 is 16.4 Å². The fourth-order valence-electron chi connectivity index (χ4n) is 0. The second kappa shape index (κ2) is 8.82. The zero-order valence-electron chi connectivity index (χ0n) is 2.12. The Labute approximate surface area is 53.9 Å². The zero-order valence-corrected chi connectivity index (χ0v) is 7.08. The molecule has 0 aromatic heterocycles. The van der Waals surface area contributed by atoms with Crippen LogP contribution in [0.4, 0.5) is 0 Å². The maximum atomic E-state index is 9.18. The van der Waals surface area contributed by atoms with Crippen molar-refractivity contribution in [3.63, 3.8) is 0 Å². The van der Waals surface area contributed by atoms with E-state index in [1.54, 1.807) is 0 Å². The van der Waals surface area contributed by atoms with E-state index in [2.05, 4.69) is 0 Å². The molecule has 0 aromatic carbocycles. The van der Waals surface area contributed by atoms with E-state index in [0.717, 1.165) is 8.47 Å². The van der Waals surface area contributed by atoms with Crippen molar-refractivity contribution in [2.24, 2.45) is 0 Å². The zero-order chi connectivity index (χ0) is 2.71. The molecule has 0 aliphatic heterocycles. The molecule has 0 bridgehead atoms. The molecule has 21 valence electrons. The van der Waals surface area contributed by atoms with Crippen LogP contribution >= 0.6 is 0 Å². The van der Waals surface area contributed by atoms with Gasteiger partial charge in [0, 0.05) is 0 Å². The first kappa shape index (κ1) is 9.10. The number of hydrogen-bond acceptors (Lipinski definition) is 1. The van der Waals surface area contributed by atoms with E-state index in [0.29, 0.717) is 0 Å². The van der Waals surface area contributed by atoms with Crippen molar-refractivity contribution < 1.29 is 20.0 Å².